The Labute approximate surface area is 119 Å². The number of nitrogens with zero attached hydrogens (tertiary/aromatic N) is 3. The highest BCUT2D eigenvalue weighted by Crippen LogP contribution is 2.18. The van der Waals surface area contributed by atoms with Gasteiger partial charge in [-0.15, -0.1) is 0 Å². The van der Waals surface area contributed by atoms with Crippen LogP contribution < -0.4 is 5.56 Å². The second-order valence-electron chi connectivity index (χ2n) is 5.67. The average molecular weight is 271 g/mol. The molecule has 0 aromatic carbocycles. The van der Waals surface area contributed by atoms with Crippen molar-refractivity contribution in [1.29, 1.82) is 0 Å². The standard InChI is InChI=1S/C16H21N3O/c1-18-10-3-2-5-13(18)7-11-19-12-8-15-14(16(19)20)6-4-9-17-15/h4,6,8-9,12-13H,2-3,5,7,10-11H2,1H3. The van der Waals surface area contributed by atoms with Crippen LogP contribution in [-0.2, 0) is 6.54 Å². The van der Waals surface area contributed by atoms with Crippen molar-refractivity contribution >= 4 is 10.9 Å². The van der Waals surface area contributed by atoms with Gasteiger partial charge in [-0.3, -0.25) is 9.78 Å². The Hall–Kier alpha value is -1.68. The Kier molecular flexibility index (Phi) is 3.83. The van der Waals surface area contributed by atoms with E-state index < -0.39 is 0 Å². The number of aromatic nitrogens is 2. The van der Waals surface area contributed by atoms with Crippen LogP contribution in [0.4, 0.5) is 0 Å². The molecular weight excluding hydrogens is 250 g/mol. The van der Waals surface area contributed by atoms with Gasteiger partial charge in [0, 0.05) is 25.0 Å². The largest absolute Gasteiger partial charge is 0.315 e. The molecule has 1 fully saturated rings. The monoisotopic (exact) mass is 271 g/mol. The summed E-state index contributed by atoms with van der Waals surface area (Å²) >= 11 is 0. The Morgan fingerprint density at radius 2 is 2.25 bits per heavy atom. The van der Waals surface area contributed by atoms with Crippen molar-refractivity contribution in [3.05, 3.63) is 40.9 Å². The molecule has 1 unspecified atom stereocenters. The number of rotatable bonds is 3. The second-order valence-corrected chi connectivity index (χ2v) is 5.67. The highest BCUT2D eigenvalue weighted by atomic mass is 16.1. The topological polar surface area (TPSA) is 38.1 Å². The zero-order chi connectivity index (χ0) is 13.9. The van der Waals surface area contributed by atoms with Crippen molar-refractivity contribution in [2.24, 2.45) is 0 Å². The van der Waals surface area contributed by atoms with Crippen LogP contribution in [0.25, 0.3) is 10.9 Å². The van der Waals surface area contributed by atoms with Gasteiger partial charge in [-0.2, -0.15) is 0 Å². The van der Waals surface area contributed by atoms with E-state index in [1.165, 1.54) is 25.8 Å². The summed E-state index contributed by atoms with van der Waals surface area (Å²) in [5.74, 6) is 0. The number of likely N-dealkylation sites (tertiary alicyclic amines) is 1. The summed E-state index contributed by atoms with van der Waals surface area (Å²) in [6, 6.07) is 6.22. The van der Waals surface area contributed by atoms with Gasteiger partial charge in [0.1, 0.15) is 0 Å². The van der Waals surface area contributed by atoms with Crippen molar-refractivity contribution in [2.45, 2.75) is 38.3 Å². The number of pyridine rings is 2. The van der Waals surface area contributed by atoms with Gasteiger partial charge < -0.3 is 9.47 Å². The molecule has 0 aliphatic carbocycles. The molecule has 0 saturated carbocycles. The minimum Gasteiger partial charge on any atom is -0.315 e. The molecular formula is C16H21N3O. The van der Waals surface area contributed by atoms with Crippen molar-refractivity contribution in [2.75, 3.05) is 13.6 Å². The van der Waals surface area contributed by atoms with Crippen LogP contribution in [0.1, 0.15) is 25.7 Å². The number of hydrogen-bond donors (Lipinski definition) is 0. The zero-order valence-corrected chi connectivity index (χ0v) is 12.0. The number of aryl methyl sites for hydroxylation is 1. The van der Waals surface area contributed by atoms with Gasteiger partial charge in [0.05, 0.1) is 10.9 Å². The van der Waals surface area contributed by atoms with E-state index in [-0.39, 0.29) is 5.56 Å². The summed E-state index contributed by atoms with van der Waals surface area (Å²) in [6.07, 6.45) is 8.51. The van der Waals surface area contributed by atoms with Crippen LogP contribution >= 0.6 is 0 Å². The summed E-state index contributed by atoms with van der Waals surface area (Å²) in [5, 5.41) is 0.715. The Bertz CT molecular complexity index is 649. The molecule has 1 saturated heterocycles. The predicted molar refractivity (Wildman–Crippen MR) is 80.9 cm³/mol. The van der Waals surface area contributed by atoms with Gasteiger partial charge in [0.25, 0.3) is 5.56 Å². The molecule has 1 aliphatic heterocycles. The van der Waals surface area contributed by atoms with E-state index in [1.807, 2.05) is 29.0 Å². The average Bonchev–Trinajstić information content (AvgIpc) is 2.48. The number of hydrogen-bond acceptors (Lipinski definition) is 3. The fourth-order valence-corrected chi connectivity index (χ4v) is 3.09. The Morgan fingerprint density at radius 3 is 3.10 bits per heavy atom. The lowest BCUT2D eigenvalue weighted by Gasteiger charge is -2.32. The Balaban J connectivity index is 1.77. The van der Waals surface area contributed by atoms with E-state index in [1.54, 1.807) is 6.20 Å². The molecule has 1 aliphatic rings. The fourth-order valence-electron chi connectivity index (χ4n) is 3.09. The van der Waals surface area contributed by atoms with Crippen LogP contribution in [0, 0.1) is 0 Å². The molecule has 0 N–H and O–H groups in total. The molecule has 4 heteroatoms. The van der Waals surface area contributed by atoms with E-state index in [2.05, 4.69) is 16.9 Å². The third-order valence-electron chi connectivity index (χ3n) is 4.37. The third kappa shape index (κ3) is 2.61. The highest BCUT2D eigenvalue weighted by molar-refractivity contribution is 5.76. The second kappa shape index (κ2) is 5.75. The van der Waals surface area contributed by atoms with Gasteiger partial charge in [-0.25, -0.2) is 0 Å². The molecule has 2 aromatic heterocycles. The van der Waals surface area contributed by atoms with Crippen LogP contribution in [0.2, 0.25) is 0 Å². The molecule has 3 heterocycles. The first-order valence-corrected chi connectivity index (χ1v) is 7.40. The molecule has 4 nitrogen and oxygen atoms in total. The predicted octanol–water partition coefficient (Wildman–Crippen LogP) is 2.27. The SMILES string of the molecule is CN1CCCCC1CCn1ccc2ncccc2c1=O. The van der Waals surface area contributed by atoms with Crippen LogP contribution in [0.3, 0.4) is 0 Å². The third-order valence-corrected chi connectivity index (χ3v) is 4.37. The molecule has 20 heavy (non-hydrogen) atoms. The molecule has 1 atom stereocenters. The van der Waals surface area contributed by atoms with Crippen LogP contribution in [0.5, 0.6) is 0 Å². The summed E-state index contributed by atoms with van der Waals surface area (Å²) < 4.78 is 1.83. The number of piperidine rings is 1. The van der Waals surface area contributed by atoms with Gasteiger partial charge in [-0.1, -0.05) is 6.42 Å². The molecule has 0 radical (unpaired) electrons. The maximum Gasteiger partial charge on any atom is 0.259 e. The van der Waals surface area contributed by atoms with Crippen LogP contribution in [-0.4, -0.2) is 34.1 Å². The lowest BCUT2D eigenvalue weighted by Crippen LogP contribution is -2.37. The minimum absolute atomic E-state index is 0.0778. The molecule has 0 bridgehead atoms. The molecule has 0 amide bonds. The van der Waals surface area contributed by atoms with E-state index in [4.69, 9.17) is 0 Å². The lowest BCUT2D eigenvalue weighted by atomic mass is 10.0. The first-order valence-electron chi connectivity index (χ1n) is 7.40. The molecule has 3 rings (SSSR count). The molecule has 106 valence electrons. The summed E-state index contributed by atoms with van der Waals surface area (Å²) in [7, 11) is 2.19. The van der Waals surface area contributed by atoms with E-state index in [9.17, 15) is 4.79 Å². The zero-order valence-electron chi connectivity index (χ0n) is 12.0. The number of fused-ring (bicyclic) bond motifs is 1. The minimum atomic E-state index is 0.0778. The van der Waals surface area contributed by atoms with Gasteiger partial charge in [-0.05, 0) is 51.1 Å². The summed E-state index contributed by atoms with van der Waals surface area (Å²) in [5.41, 5.74) is 0.859. The lowest BCUT2D eigenvalue weighted by molar-refractivity contribution is 0.171. The smallest absolute Gasteiger partial charge is 0.259 e. The van der Waals surface area contributed by atoms with Crippen molar-refractivity contribution in [1.82, 2.24) is 14.5 Å². The first kappa shape index (κ1) is 13.3. The molecule has 2 aromatic rings. The fraction of sp³-hybridized carbons (Fsp3) is 0.500. The van der Waals surface area contributed by atoms with E-state index in [0.29, 0.717) is 11.4 Å². The summed E-state index contributed by atoms with van der Waals surface area (Å²) in [4.78, 5) is 19.0. The maximum absolute atomic E-state index is 12.4. The maximum atomic E-state index is 12.4. The van der Waals surface area contributed by atoms with Crippen LogP contribution in [0.15, 0.2) is 35.4 Å². The van der Waals surface area contributed by atoms with Crippen molar-refractivity contribution < 1.29 is 0 Å². The highest BCUT2D eigenvalue weighted by Gasteiger charge is 2.18. The first-order chi connectivity index (χ1) is 9.75. The molecule has 0 spiro atoms. The van der Waals surface area contributed by atoms with Gasteiger partial charge >= 0.3 is 0 Å². The van der Waals surface area contributed by atoms with Crippen molar-refractivity contribution in [3.8, 4) is 0 Å². The quantitative estimate of drug-likeness (QED) is 0.859. The van der Waals surface area contributed by atoms with Gasteiger partial charge in [0.15, 0.2) is 0 Å². The summed E-state index contributed by atoms with van der Waals surface area (Å²) in [6.45, 7) is 1.97. The normalized spacial score (nSPS) is 20.4. The Morgan fingerprint density at radius 1 is 1.35 bits per heavy atom. The van der Waals surface area contributed by atoms with E-state index in [0.717, 1.165) is 18.5 Å². The van der Waals surface area contributed by atoms with Crippen molar-refractivity contribution in [3.63, 3.8) is 0 Å². The van der Waals surface area contributed by atoms with E-state index >= 15 is 0 Å². The van der Waals surface area contributed by atoms with Gasteiger partial charge in [0.2, 0.25) is 0 Å².